The Kier molecular flexibility index (Phi) is 13.9. The molecule has 0 aliphatic heterocycles. The fourth-order valence-electron chi connectivity index (χ4n) is 2.40. The zero-order valence-electron chi connectivity index (χ0n) is 19.9. The van der Waals surface area contributed by atoms with Gasteiger partial charge < -0.3 is 24.4 Å². The number of ether oxygens (including phenoxy) is 3. The van der Waals surface area contributed by atoms with Crippen LogP contribution in [0.2, 0.25) is 10.3 Å². The maximum atomic E-state index is 12.1. The average molecular weight is 501 g/mol. The van der Waals surface area contributed by atoms with E-state index in [1.54, 1.807) is 43.6 Å². The summed E-state index contributed by atoms with van der Waals surface area (Å²) in [5.74, 6) is 0. The lowest BCUT2D eigenvalue weighted by Gasteiger charge is -2.27. The molecule has 0 aromatic carbocycles. The van der Waals surface area contributed by atoms with E-state index in [1.165, 1.54) is 0 Å². The topological polar surface area (TPSA) is 85.8 Å². The summed E-state index contributed by atoms with van der Waals surface area (Å²) in [6.45, 7) is 9.18. The molecule has 0 aliphatic carbocycles. The summed E-state index contributed by atoms with van der Waals surface area (Å²) >= 11 is 11.4. The molecule has 0 bridgehead atoms. The third-order valence-corrected chi connectivity index (χ3v) is 4.43. The van der Waals surface area contributed by atoms with Crippen LogP contribution in [0.15, 0.2) is 36.7 Å². The van der Waals surface area contributed by atoms with Crippen LogP contribution < -0.4 is 5.32 Å². The highest BCUT2D eigenvalue weighted by atomic mass is 35.5. The van der Waals surface area contributed by atoms with Crippen molar-refractivity contribution < 1.29 is 19.0 Å². The van der Waals surface area contributed by atoms with E-state index in [0.29, 0.717) is 30.0 Å². The number of hydrogen-bond donors (Lipinski definition) is 1. The number of nitrogens with zero attached hydrogens (tertiary/aromatic N) is 3. The predicted octanol–water partition coefficient (Wildman–Crippen LogP) is 4.59. The zero-order chi connectivity index (χ0) is 24.7. The molecule has 2 aromatic heterocycles. The van der Waals surface area contributed by atoms with Crippen LogP contribution in [-0.4, -0.2) is 67.1 Å². The Labute approximate surface area is 206 Å². The van der Waals surface area contributed by atoms with Crippen molar-refractivity contribution in [2.75, 3.05) is 40.5 Å². The van der Waals surface area contributed by atoms with E-state index < -0.39 is 5.60 Å². The Bertz CT molecular complexity index is 800. The molecule has 0 fully saturated rings. The summed E-state index contributed by atoms with van der Waals surface area (Å²) in [5.41, 5.74) is 1.48. The van der Waals surface area contributed by atoms with Crippen molar-refractivity contribution in [3.8, 4) is 0 Å². The normalized spacial score (nSPS) is 10.9. The molecule has 2 rings (SSSR count). The highest BCUT2D eigenvalue weighted by molar-refractivity contribution is 6.29. The van der Waals surface area contributed by atoms with E-state index >= 15 is 0 Å². The molecule has 33 heavy (non-hydrogen) atoms. The van der Waals surface area contributed by atoms with Crippen molar-refractivity contribution in [1.29, 1.82) is 0 Å². The van der Waals surface area contributed by atoms with Crippen LogP contribution in [0.1, 0.15) is 31.9 Å². The third kappa shape index (κ3) is 14.0. The Hall–Kier alpha value is -1.97. The van der Waals surface area contributed by atoms with Crippen LogP contribution in [-0.2, 0) is 27.3 Å². The number of carbonyl (C=O) groups excluding carboxylic acids is 1. The summed E-state index contributed by atoms with van der Waals surface area (Å²) in [6.07, 6.45) is 3.04. The highest BCUT2D eigenvalue weighted by Gasteiger charge is 2.22. The van der Waals surface area contributed by atoms with Crippen LogP contribution in [0.4, 0.5) is 4.79 Å². The smallest absolute Gasteiger partial charge is 0.410 e. The predicted molar refractivity (Wildman–Crippen MR) is 131 cm³/mol. The van der Waals surface area contributed by atoms with Crippen LogP contribution in [0, 0.1) is 0 Å². The molecule has 8 nitrogen and oxygen atoms in total. The molecule has 0 atom stereocenters. The summed E-state index contributed by atoms with van der Waals surface area (Å²) in [5, 5.41) is 4.17. The van der Waals surface area contributed by atoms with Gasteiger partial charge in [0.25, 0.3) is 0 Å². The Morgan fingerprint density at radius 3 is 2.03 bits per heavy atom. The monoisotopic (exact) mass is 500 g/mol. The van der Waals surface area contributed by atoms with Crippen molar-refractivity contribution >= 4 is 29.3 Å². The van der Waals surface area contributed by atoms with E-state index in [1.807, 2.05) is 32.9 Å². The van der Waals surface area contributed by atoms with Gasteiger partial charge in [0.15, 0.2) is 0 Å². The average Bonchev–Trinajstić information content (AvgIpc) is 2.76. The van der Waals surface area contributed by atoms with Gasteiger partial charge in [-0.05, 0) is 44.0 Å². The molecule has 2 aromatic rings. The van der Waals surface area contributed by atoms with Gasteiger partial charge >= 0.3 is 6.09 Å². The number of rotatable bonds is 10. The number of aromatic nitrogens is 2. The van der Waals surface area contributed by atoms with Gasteiger partial charge in [-0.25, -0.2) is 14.8 Å². The lowest BCUT2D eigenvalue weighted by molar-refractivity contribution is 0.0184. The number of amides is 1. The van der Waals surface area contributed by atoms with Gasteiger partial charge in [-0.15, -0.1) is 0 Å². The van der Waals surface area contributed by atoms with Gasteiger partial charge in [0.1, 0.15) is 15.9 Å². The Morgan fingerprint density at radius 2 is 1.55 bits per heavy atom. The van der Waals surface area contributed by atoms with Crippen LogP contribution >= 0.6 is 23.2 Å². The summed E-state index contributed by atoms with van der Waals surface area (Å²) < 4.78 is 15.3. The third-order valence-electron chi connectivity index (χ3n) is 3.98. The second kappa shape index (κ2) is 15.8. The minimum atomic E-state index is -0.527. The Balaban J connectivity index is 0.000000361. The van der Waals surface area contributed by atoms with Crippen LogP contribution in [0.25, 0.3) is 0 Å². The van der Waals surface area contributed by atoms with Crippen molar-refractivity contribution in [1.82, 2.24) is 20.2 Å². The van der Waals surface area contributed by atoms with Crippen molar-refractivity contribution in [2.45, 2.75) is 39.5 Å². The molecule has 10 heteroatoms. The molecular weight excluding hydrogens is 467 g/mol. The maximum absolute atomic E-state index is 12.1. The van der Waals surface area contributed by atoms with Gasteiger partial charge in [0.2, 0.25) is 0 Å². The first kappa shape index (κ1) is 29.1. The number of hydrogen-bond acceptors (Lipinski definition) is 7. The number of nitrogens with one attached hydrogen (secondary N) is 1. The van der Waals surface area contributed by atoms with E-state index in [9.17, 15) is 4.79 Å². The molecule has 0 spiro atoms. The van der Waals surface area contributed by atoms with E-state index in [2.05, 4.69) is 15.3 Å². The molecule has 0 saturated heterocycles. The number of carbonyl (C=O) groups is 1. The Morgan fingerprint density at radius 1 is 0.970 bits per heavy atom. The van der Waals surface area contributed by atoms with Gasteiger partial charge in [0.05, 0.1) is 19.8 Å². The molecule has 0 radical (unpaired) electrons. The molecule has 2 heterocycles. The SMILES string of the molecule is COCCN(Cc1ccc(Cl)nc1)C(=O)OC(C)(C)C.COCCNCc1ccc(Cl)nc1. The van der Waals surface area contributed by atoms with Gasteiger partial charge in [-0.1, -0.05) is 35.3 Å². The second-order valence-corrected chi connectivity index (χ2v) is 8.82. The minimum Gasteiger partial charge on any atom is -0.444 e. The first-order chi connectivity index (χ1) is 15.6. The van der Waals surface area contributed by atoms with Gasteiger partial charge in [-0.2, -0.15) is 0 Å². The molecule has 0 saturated carbocycles. The molecule has 1 amide bonds. The lowest BCUT2D eigenvalue weighted by Crippen LogP contribution is -2.38. The van der Waals surface area contributed by atoms with Crippen LogP contribution in [0.3, 0.4) is 0 Å². The summed E-state index contributed by atoms with van der Waals surface area (Å²) in [4.78, 5) is 21.7. The van der Waals surface area contributed by atoms with Gasteiger partial charge in [-0.3, -0.25) is 0 Å². The minimum absolute atomic E-state index is 0.371. The number of halogens is 2. The standard InChI is InChI=1S/C14H21ClN2O3.C9H13ClN2O/c1-14(2,3)20-13(18)17(7-8-19-4)10-11-5-6-12(15)16-9-11;1-13-5-4-11-6-8-2-3-9(10)12-7-8/h5-6,9H,7-8,10H2,1-4H3;2-3,7,11H,4-6H2,1H3. The van der Waals surface area contributed by atoms with Crippen molar-refractivity contribution in [3.63, 3.8) is 0 Å². The first-order valence-electron chi connectivity index (χ1n) is 10.5. The zero-order valence-corrected chi connectivity index (χ0v) is 21.4. The van der Waals surface area contributed by atoms with E-state index in [-0.39, 0.29) is 6.09 Å². The maximum Gasteiger partial charge on any atom is 0.410 e. The summed E-state index contributed by atoms with van der Waals surface area (Å²) in [7, 11) is 3.28. The second-order valence-electron chi connectivity index (χ2n) is 8.04. The molecule has 0 aliphatic rings. The lowest BCUT2D eigenvalue weighted by atomic mass is 10.2. The van der Waals surface area contributed by atoms with E-state index in [4.69, 9.17) is 37.4 Å². The summed E-state index contributed by atoms with van der Waals surface area (Å²) in [6, 6.07) is 7.27. The number of methoxy groups -OCH3 is 2. The molecule has 0 unspecified atom stereocenters. The molecule has 184 valence electrons. The first-order valence-corrected chi connectivity index (χ1v) is 11.3. The fraction of sp³-hybridized carbons (Fsp3) is 0.522. The fourth-order valence-corrected chi connectivity index (χ4v) is 2.62. The van der Waals surface area contributed by atoms with Crippen molar-refractivity contribution in [3.05, 3.63) is 58.1 Å². The highest BCUT2D eigenvalue weighted by Crippen LogP contribution is 2.13. The largest absolute Gasteiger partial charge is 0.444 e. The molecular formula is C23H34Cl2N4O4. The van der Waals surface area contributed by atoms with Crippen LogP contribution in [0.5, 0.6) is 0 Å². The molecule has 1 N–H and O–H groups in total. The quantitative estimate of drug-likeness (QED) is 0.377. The number of pyridine rings is 2. The van der Waals surface area contributed by atoms with Gasteiger partial charge in [0, 0.05) is 46.2 Å². The van der Waals surface area contributed by atoms with E-state index in [0.717, 1.165) is 30.8 Å². The van der Waals surface area contributed by atoms with Crippen molar-refractivity contribution in [2.24, 2.45) is 0 Å².